The summed E-state index contributed by atoms with van der Waals surface area (Å²) in [6.45, 7) is 4.22. The van der Waals surface area contributed by atoms with Gasteiger partial charge in [0.1, 0.15) is 0 Å². The standard InChI is InChI=1S/C16H14N2/c1-11-7-8-13(9-12(11)2)16-17-10-14-5-3-4-6-15(14)18-16/h3-10H,1-2H3. The van der Waals surface area contributed by atoms with Crippen LogP contribution in [0.15, 0.2) is 48.7 Å². The number of fused-ring (bicyclic) bond motifs is 1. The number of rotatable bonds is 1. The van der Waals surface area contributed by atoms with Crippen LogP contribution in [-0.4, -0.2) is 9.97 Å². The van der Waals surface area contributed by atoms with Gasteiger partial charge in [0.2, 0.25) is 0 Å². The molecule has 1 heterocycles. The first-order valence-corrected chi connectivity index (χ1v) is 6.03. The van der Waals surface area contributed by atoms with E-state index in [9.17, 15) is 0 Å². The summed E-state index contributed by atoms with van der Waals surface area (Å²) in [4.78, 5) is 9.04. The summed E-state index contributed by atoms with van der Waals surface area (Å²) >= 11 is 0. The van der Waals surface area contributed by atoms with Gasteiger partial charge in [0.05, 0.1) is 5.52 Å². The smallest absolute Gasteiger partial charge is 0.159 e. The Morgan fingerprint density at radius 1 is 0.889 bits per heavy atom. The lowest BCUT2D eigenvalue weighted by Gasteiger charge is -2.05. The Morgan fingerprint density at radius 2 is 1.72 bits per heavy atom. The molecule has 0 bridgehead atoms. The Labute approximate surface area is 106 Å². The lowest BCUT2D eigenvalue weighted by Crippen LogP contribution is -1.91. The largest absolute Gasteiger partial charge is 0.236 e. The number of para-hydroxylation sites is 1. The lowest BCUT2D eigenvalue weighted by atomic mass is 10.1. The average Bonchev–Trinajstić information content (AvgIpc) is 2.41. The van der Waals surface area contributed by atoms with Crippen molar-refractivity contribution in [1.82, 2.24) is 9.97 Å². The summed E-state index contributed by atoms with van der Waals surface area (Å²) in [5.74, 6) is 0.789. The van der Waals surface area contributed by atoms with Gasteiger partial charge in [0.15, 0.2) is 5.82 Å². The quantitative estimate of drug-likeness (QED) is 0.638. The van der Waals surface area contributed by atoms with E-state index < -0.39 is 0 Å². The molecule has 0 fully saturated rings. The molecule has 2 heteroatoms. The fourth-order valence-electron chi connectivity index (χ4n) is 1.99. The molecule has 2 aromatic carbocycles. The molecule has 0 aliphatic carbocycles. The Hall–Kier alpha value is -2.22. The van der Waals surface area contributed by atoms with E-state index in [2.05, 4.69) is 42.0 Å². The highest BCUT2D eigenvalue weighted by molar-refractivity contribution is 5.79. The minimum atomic E-state index is 0.789. The van der Waals surface area contributed by atoms with Crippen molar-refractivity contribution in [3.8, 4) is 11.4 Å². The topological polar surface area (TPSA) is 25.8 Å². The van der Waals surface area contributed by atoms with Crippen molar-refractivity contribution in [1.29, 1.82) is 0 Å². The minimum absolute atomic E-state index is 0.789. The van der Waals surface area contributed by atoms with Crippen molar-refractivity contribution in [2.24, 2.45) is 0 Å². The Balaban J connectivity index is 2.16. The van der Waals surface area contributed by atoms with Crippen LogP contribution in [0.25, 0.3) is 22.3 Å². The number of nitrogens with zero attached hydrogens (tertiary/aromatic N) is 2. The molecule has 3 rings (SSSR count). The third-order valence-corrected chi connectivity index (χ3v) is 3.25. The molecule has 0 aliphatic rings. The van der Waals surface area contributed by atoms with Crippen LogP contribution < -0.4 is 0 Å². The van der Waals surface area contributed by atoms with Crippen LogP contribution in [-0.2, 0) is 0 Å². The highest BCUT2D eigenvalue weighted by Crippen LogP contribution is 2.20. The average molecular weight is 234 g/mol. The summed E-state index contributed by atoms with van der Waals surface area (Å²) in [6, 6.07) is 14.4. The van der Waals surface area contributed by atoms with Crippen molar-refractivity contribution in [3.63, 3.8) is 0 Å². The van der Waals surface area contributed by atoms with Crippen LogP contribution in [0.5, 0.6) is 0 Å². The highest BCUT2D eigenvalue weighted by atomic mass is 14.9. The molecule has 0 spiro atoms. The maximum absolute atomic E-state index is 4.61. The van der Waals surface area contributed by atoms with Gasteiger partial charge in [-0.3, -0.25) is 0 Å². The van der Waals surface area contributed by atoms with Gasteiger partial charge in [-0.25, -0.2) is 9.97 Å². The van der Waals surface area contributed by atoms with Crippen LogP contribution in [0.1, 0.15) is 11.1 Å². The zero-order valence-corrected chi connectivity index (χ0v) is 10.5. The summed E-state index contributed by atoms with van der Waals surface area (Å²) in [7, 11) is 0. The molecule has 0 saturated heterocycles. The van der Waals surface area contributed by atoms with Crippen LogP contribution in [0.2, 0.25) is 0 Å². The molecule has 0 N–H and O–H groups in total. The molecule has 0 unspecified atom stereocenters. The van der Waals surface area contributed by atoms with Gasteiger partial charge in [-0.15, -0.1) is 0 Å². The molecule has 88 valence electrons. The van der Waals surface area contributed by atoms with E-state index in [1.165, 1.54) is 11.1 Å². The van der Waals surface area contributed by atoms with Crippen molar-refractivity contribution >= 4 is 10.9 Å². The van der Waals surface area contributed by atoms with E-state index in [1.54, 1.807) is 0 Å². The predicted molar refractivity (Wildman–Crippen MR) is 74.4 cm³/mol. The Morgan fingerprint density at radius 3 is 2.56 bits per heavy atom. The first kappa shape index (κ1) is 10.9. The van der Waals surface area contributed by atoms with E-state index in [0.29, 0.717) is 0 Å². The molecule has 3 aromatic rings. The molecule has 0 atom stereocenters. The SMILES string of the molecule is Cc1ccc(-c2ncc3ccccc3n2)cc1C. The van der Waals surface area contributed by atoms with Gasteiger partial charge in [-0.05, 0) is 37.1 Å². The second-order valence-electron chi connectivity index (χ2n) is 4.55. The first-order valence-electron chi connectivity index (χ1n) is 6.03. The summed E-state index contributed by atoms with van der Waals surface area (Å²) in [6.07, 6.45) is 1.88. The van der Waals surface area contributed by atoms with Crippen LogP contribution >= 0.6 is 0 Å². The molecule has 0 saturated carbocycles. The maximum Gasteiger partial charge on any atom is 0.159 e. The summed E-state index contributed by atoms with van der Waals surface area (Å²) in [5, 5.41) is 1.07. The minimum Gasteiger partial charge on any atom is -0.236 e. The number of aryl methyl sites for hydroxylation is 2. The van der Waals surface area contributed by atoms with Gasteiger partial charge in [0.25, 0.3) is 0 Å². The monoisotopic (exact) mass is 234 g/mol. The molecule has 0 amide bonds. The molecule has 0 aliphatic heterocycles. The van der Waals surface area contributed by atoms with E-state index in [1.807, 2.05) is 30.5 Å². The number of hydrogen-bond donors (Lipinski definition) is 0. The second-order valence-corrected chi connectivity index (χ2v) is 4.55. The fraction of sp³-hybridized carbons (Fsp3) is 0.125. The summed E-state index contributed by atoms with van der Waals surface area (Å²) in [5.41, 5.74) is 4.62. The fourth-order valence-corrected chi connectivity index (χ4v) is 1.99. The molecule has 0 radical (unpaired) electrons. The van der Waals surface area contributed by atoms with Crippen molar-refractivity contribution < 1.29 is 0 Å². The van der Waals surface area contributed by atoms with E-state index in [4.69, 9.17) is 0 Å². The molecular weight excluding hydrogens is 220 g/mol. The summed E-state index contributed by atoms with van der Waals surface area (Å²) < 4.78 is 0. The first-order chi connectivity index (χ1) is 8.74. The predicted octanol–water partition coefficient (Wildman–Crippen LogP) is 3.91. The molecular formula is C16H14N2. The number of hydrogen-bond acceptors (Lipinski definition) is 2. The van der Waals surface area contributed by atoms with Crippen molar-refractivity contribution in [2.45, 2.75) is 13.8 Å². The Kier molecular flexibility index (Phi) is 2.56. The normalized spacial score (nSPS) is 10.8. The number of aromatic nitrogens is 2. The highest BCUT2D eigenvalue weighted by Gasteiger charge is 2.04. The molecule has 18 heavy (non-hydrogen) atoms. The Bertz CT molecular complexity index is 717. The van der Waals surface area contributed by atoms with Gasteiger partial charge in [0, 0.05) is 17.1 Å². The molecule has 2 nitrogen and oxygen atoms in total. The van der Waals surface area contributed by atoms with E-state index in [-0.39, 0.29) is 0 Å². The van der Waals surface area contributed by atoms with Crippen LogP contribution in [0.3, 0.4) is 0 Å². The number of benzene rings is 2. The molecule has 1 aromatic heterocycles. The van der Waals surface area contributed by atoms with Crippen LogP contribution in [0, 0.1) is 13.8 Å². The van der Waals surface area contributed by atoms with Crippen molar-refractivity contribution in [2.75, 3.05) is 0 Å². The lowest BCUT2D eigenvalue weighted by molar-refractivity contribution is 1.22. The van der Waals surface area contributed by atoms with Crippen LogP contribution in [0.4, 0.5) is 0 Å². The third kappa shape index (κ3) is 1.86. The van der Waals surface area contributed by atoms with Gasteiger partial charge in [-0.1, -0.05) is 30.3 Å². The third-order valence-electron chi connectivity index (χ3n) is 3.25. The zero-order valence-electron chi connectivity index (χ0n) is 10.5. The second kappa shape index (κ2) is 4.22. The van der Waals surface area contributed by atoms with Crippen molar-refractivity contribution in [3.05, 3.63) is 59.8 Å². The zero-order chi connectivity index (χ0) is 12.5. The maximum atomic E-state index is 4.61. The van der Waals surface area contributed by atoms with Gasteiger partial charge in [-0.2, -0.15) is 0 Å². The van der Waals surface area contributed by atoms with Gasteiger partial charge < -0.3 is 0 Å². The van der Waals surface area contributed by atoms with E-state index >= 15 is 0 Å². The van der Waals surface area contributed by atoms with E-state index in [0.717, 1.165) is 22.3 Å². The van der Waals surface area contributed by atoms with Gasteiger partial charge >= 0.3 is 0 Å².